The third-order valence-electron chi connectivity index (χ3n) is 4.23. The maximum Gasteiger partial charge on any atom is 0.326 e. The first-order valence-electron chi connectivity index (χ1n) is 7.49. The molecule has 0 aromatic rings. The Hall–Kier alpha value is -0.610. The van der Waals surface area contributed by atoms with Crippen LogP contribution in [0.3, 0.4) is 0 Å². The smallest absolute Gasteiger partial charge is 0.326 e. The van der Waals surface area contributed by atoms with Crippen molar-refractivity contribution in [1.82, 2.24) is 0 Å². The number of methoxy groups -OCH3 is 1. The van der Waals surface area contributed by atoms with Crippen molar-refractivity contribution in [3.8, 4) is 0 Å². The van der Waals surface area contributed by atoms with Crippen LogP contribution in [0.15, 0.2) is 0 Å². The van der Waals surface area contributed by atoms with Crippen molar-refractivity contribution < 1.29 is 14.3 Å². The van der Waals surface area contributed by atoms with Gasteiger partial charge in [0.2, 0.25) is 0 Å². The van der Waals surface area contributed by atoms with Gasteiger partial charge in [-0.25, -0.2) is 0 Å². The van der Waals surface area contributed by atoms with Gasteiger partial charge in [-0.15, -0.1) is 0 Å². The van der Waals surface area contributed by atoms with E-state index >= 15 is 0 Å². The summed E-state index contributed by atoms with van der Waals surface area (Å²) in [6.45, 7) is 5.89. The second-order valence-electron chi connectivity index (χ2n) is 5.88. The molecule has 1 aliphatic rings. The molecule has 1 aliphatic carbocycles. The van der Waals surface area contributed by atoms with E-state index in [1.807, 2.05) is 0 Å². The fourth-order valence-corrected chi connectivity index (χ4v) is 3.05. The van der Waals surface area contributed by atoms with Gasteiger partial charge in [0.15, 0.2) is 0 Å². The average molecular weight is 271 g/mol. The molecule has 0 radical (unpaired) electrons. The van der Waals surface area contributed by atoms with Gasteiger partial charge in [-0.1, -0.05) is 26.7 Å². The van der Waals surface area contributed by atoms with Crippen LogP contribution in [0.5, 0.6) is 0 Å². The lowest BCUT2D eigenvalue weighted by atomic mass is 9.86. The molecule has 0 heterocycles. The van der Waals surface area contributed by atoms with E-state index in [-0.39, 0.29) is 11.9 Å². The summed E-state index contributed by atoms with van der Waals surface area (Å²) in [6.07, 6.45) is 5.98. The zero-order valence-corrected chi connectivity index (χ0v) is 12.6. The predicted octanol–water partition coefficient (Wildman–Crippen LogP) is 2.50. The van der Waals surface area contributed by atoms with Crippen LogP contribution in [0.1, 0.15) is 52.4 Å². The highest BCUT2D eigenvalue weighted by Gasteiger charge is 2.46. The molecule has 0 bridgehead atoms. The SMILES string of the molecule is CCCC(C)COCCC1CCCC1(N)C(=O)OC. The van der Waals surface area contributed by atoms with Gasteiger partial charge in [0.05, 0.1) is 7.11 Å². The maximum absolute atomic E-state index is 11.8. The van der Waals surface area contributed by atoms with E-state index in [0.717, 1.165) is 32.3 Å². The second-order valence-corrected chi connectivity index (χ2v) is 5.88. The molecular weight excluding hydrogens is 242 g/mol. The molecule has 0 aromatic carbocycles. The first-order chi connectivity index (χ1) is 9.04. The minimum atomic E-state index is -0.785. The molecule has 3 atom stereocenters. The second kappa shape index (κ2) is 7.85. The van der Waals surface area contributed by atoms with Gasteiger partial charge in [0.1, 0.15) is 5.54 Å². The van der Waals surface area contributed by atoms with Gasteiger partial charge in [-0.3, -0.25) is 4.79 Å². The molecule has 0 spiro atoms. The Balaban J connectivity index is 2.30. The van der Waals surface area contributed by atoms with E-state index in [4.69, 9.17) is 15.2 Å². The first kappa shape index (κ1) is 16.4. The lowest BCUT2D eigenvalue weighted by Gasteiger charge is -2.28. The Morgan fingerprint density at radius 1 is 1.53 bits per heavy atom. The Morgan fingerprint density at radius 3 is 2.89 bits per heavy atom. The standard InChI is InChI=1S/C15H29NO3/c1-4-6-12(2)11-19-10-8-13-7-5-9-15(13,16)14(17)18-3/h12-13H,4-11,16H2,1-3H3. The number of hydrogen-bond donors (Lipinski definition) is 1. The number of carbonyl (C=O) groups excluding carboxylic acids is 1. The molecule has 112 valence electrons. The molecule has 1 saturated carbocycles. The van der Waals surface area contributed by atoms with E-state index in [1.165, 1.54) is 20.0 Å². The van der Waals surface area contributed by atoms with Crippen LogP contribution in [0.2, 0.25) is 0 Å². The van der Waals surface area contributed by atoms with E-state index in [9.17, 15) is 4.79 Å². The summed E-state index contributed by atoms with van der Waals surface area (Å²) in [7, 11) is 1.41. The highest BCUT2D eigenvalue weighted by atomic mass is 16.5. The summed E-state index contributed by atoms with van der Waals surface area (Å²) in [4.78, 5) is 11.8. The van der Waals surface area contributed by atoms with Crippen LogP contribution in [0, 0.1) is 11.8 Å². The van der Waals surface area contributed by atoms with Gasteiger partial charge >= 0.3 is 5.97 Å². The number of nitrogens with two attached hydrogens (primary N) is 1. The van der Waals surface area contributed by atoms with Gasteiger partial charge < -0.3 is 15.2 Å². The zero-order chi connectivity index (χ0) is 14.3. The first-order valence-corrected chi connectivity index (χ1v) is 7.49. The molecule has 0 aromatic heterocycles. The summed E-state index contributed by atoms with van der Waals surface area (Å²) in [5, 5.41) is 0. The highest BCUT2D eigenvalue weighted by Crippen LogP contribution is 2.36. The Bertz CT molecular complexity index is 283. The molecule has 0 amide bonds. The minimum absolute atomic E-state index is 0.196. The van der Waals surface area contributed by atoms with E-state index in [1.54, 1.807) is 0 Å². The number of rotatable bonds is 8. The molecular formula is C15H29NO3. The number of carbonyl (C=O) groups is 1. The van der Waals surface area contributed by atoms with Crippen molar-refractivity contribution in [1.29, 1.82) is 0 Å². The van der Waals surface area contributed by atoms with Crippen molar-refractivity contribution >= 4 is 5.97 Å². The normalized spacial score (nSPS) is 28.3. The van der Waals surface area contributed by atoms with Crippen molar-refractivity contribution in [3.05, 3.63) is 0 Å². The monoisotopic (exact) mass is 271 g/mol. The summed E-state index contributed by atoms with van der Waals surface area (Å²) < 4.78 is 10.5. The quantitative estimate of drug-likeness (QED) is 0.544. The van der Waals surface area contributed by atoms with Gasteiger partial charge in [-0.2, -0.15) is 0 Å². The molecule has 2 N–H and O–H groups in total. The van der Waals surface area contributed by atoms with Crippen molar-refractivity contribution in [2.45, 2.75) is 57.9 Å². The molecule has 1 fully saturated rings. The number of ether oxygens (including phenoxy) is 2. The molecule has 4 nitrogen and oxygen atoms in total. The van der Waals surface area contributed by atoms with Crippen LogP contribution in [-0.4, -0.2) is 31.8 Å². The minimum Gasteiger partial charge on any atom is -0.468 e. The summed E-state index contributed by atoms with van der Waals surface area (Å²) >= 11 is 0. The zero-order valence-electron chi connectivity index (χ0n) is 12.6. The lowest BCUT2D eigenvalue weighted by molar-refractivity contribution is -0.148. The molecule has 0 aliphatic heterocycles. The van der Waals surface area contributed by atoms with Gasteiger partial charge in [0.25, 0.3) is 0 Å². The Kier molecular flexibility index (Phi) is 6.80. The van der Waals surface area contributed by atoms with Crippen molar-refractivity contribution in [3.63, 3.8) is 0 Å². The highest BCUT2D eigenvalue weighted by molar-refractivity contribution is 5.81. The molecule has 4 heteroatoms. The maximum atomic E-state index is 11.8. The van der Waals surface area contributed by atoms with E-state index < -0.39 is 5.54 Å². The molecule has 1 rings (SSSR count). The van der Waals surface area contributed by atoms with Gasteiger partial charge in [0, 0.05) is 13.2 Å². The number of esters is 1. The van der Waals surface area contributed by atoms with Crippen molar-refractivity contribution in [2.24, 2.45) is 17.6 Å². The lowest BCUT2D eigenvalue weighted by Crippen LogP contribution is -2.51. The van der Waals surface area contributed by atoms with E-state index in [0.29, 0.717) is 12.5 Å². The predicted molar refractivity (Wildman–Crippen MR) is 75.8 cm³/mol. The van der Waals surface area contributed by atoms with Crippen LogP contribution in [0.4, 0.5) is 0 Å². The Morgan fingerprint density at radius 2 is 2.26 bits per heavy atom. The fourth-order valence-electron chi connectivity index (χ4n) is 3.05. The summed E-state index contributed by atoms with van der Waals surface area (Å²) in [5.74, 6) is 0.535. The van der Waals surface area contributed by atoms with Gasteiger partial charge in [-0.05, 0) is 37.5 Å². The summed E-state index contributed by atoms with van der Waals surface area (Å²) in [6, 6.07) is 0. The third kappa shape index (κ3) is 4.46. The van der Waals surface area contributed by atoms with Crippen molar-refractivity contribution in [2.75, 3.05) is 20.3 Å². The topological polar surface area (TPSA) is 61.5 Å². The Labute approximate surface area is 117 Å². The fraction of sp³-hybridized carbons (Fsp3) is 0.933. The average Bonchev–Trinajstić information content (AvgIpc) is 2.77. The largest absolute Gasteiger partial charge is 0.468 e. The van der Waals surface area contributed by atoms with Crippen LogP contribution < -0.4 is 5.73 Å². The summed E-state index contributed by atoms with van der Waals surface area (Å²) in [5.41, 5.74) is 5.43. The van der Waals surface area contributed by atoms with E-state index in [2.05, 4.69) is 13.8 Å². The van der Waals surface area contributed by atoms with Crippen LogP contribution >= 0.6 is 0 Å². The molecule has 19 heavy (non-hydrogen) atoms. The van der Waals surface area contributed by atoms with Crippen LogP contribution in [-0.2, 0) is 14.3 Å². The van der Waals surface area contributed by atoms with Crippen LogP contribution in [0.25, 0.3) is 0 Å². The number of hydrogen-bond acceptors (Lipinski definition) is 4. The third-order valence-corrected chi connectivity index (χ3v) is 4.23. The molecule has 3 unspecified atom stereocenters. The molecule has 0 saturated heterocycles.